The van der Waals surface area contributed by atoms with Gasteiger partial charge >= 0.3 is 0 Å². The summed E-state index contributed by atoms with van der Waals surface area (Å²) in [5, 5.41) is 0. The van der Waals surface area contributed by atoms with Crippen molar-refractivity contribution in [3.8, 4) is 0 Å². The second-order valence-corrected chi connectivity index (χ2v) is 9.64. The van der Waals surface area contributed by atoms with Gasteiger partial charge in [-0.15, -0.1) is 0 Å². The largest absolute Gasteiger partial charge is 0.339 e. The first-order valence-corrected chi connectivity index (χ1v) is 10.8. The minimum atomic E-state index is -3.07. The van der Waals surface area contributed by atoms with Gasteiger partial charge in [-0.05, 0) is 31.2 Å². The van der Waals surface area contributed by atoms with Gasteiger partial charge < -0.3 is 9.80 Å². The lowest BCUT2D eigenvalue weighted by molar-refractivity contribution is 0.0696. The first-order chi connectivity index (χ1) is 12.3. The summed E-state index contributed by atoms with van der Waals surface area (Å²) in [5.41, 5.74) is 0.714. The van der Waals surface area contributed by atoms with E-state index in [9.17, 15) is 18.0 Å². The van der Waals surface area contributed by atoms with Gasteiger partial charge in [-0.25, -0.2) is 8.42 Å². The fourth-order valence-electron chi connectivity index (χ4n) is 3.52. The van der Waals surface area contributed by atoms with Crippen molar-refractivity contribution in [2.24, 2.45) is 5.92 Å². The molecule has 2 amide bonds. The molecule has 0 radical (unpaired) electrons. The Morgan fingerprint density at radius 1 is 1.15 bits per heavy atom. The van der Waals surface area contributed by atoms with Crippen LogP contribution in [0, 0.1) is 5.92 Å². The minimum absolute atomic E-state index is 0.00669. The number of amides is 2. The molecular weight excluding hydrogens is 354 g/mol. The maximum atomic E-state index is 12.7. The number of hydrogen-bond donors (Lipinski definition) is 0. The highest BCUT2D eigenvalue weighted by Gasteiger charge is 2.33. The Bertz CT molecular complexity index is 800. The molecule has 0 spiro atoms. The second kappa shape index (κ2) is 7.34. The fraction of sp³-hybridized carbons (Fsp3) is 0.611. The Morgan fingerprint density at radius 3 is 2.42 bits per heavy atom. The molecule has 3 heterocycles. The van der Waals surface area contributed by atoms with Crippen LogP contribution < -0.4 is 0 Å². The predicted octanol–water partition coefficient (Wildman–Crippen LogP) is 1.21. The summed E-state index contributed by atoms with van der Waals surface area (Å²) in [7, 11) is -1.46. The number of piperidine rings is 1. The van der Waals surface area contributed by atoms with Gasteiger partial charge in [0.2, 0.25) is 0 Å². The summed E-state index contributed by atoms with van der Waals surface area (Å²) in [4.78, 5) is 32.7. The number of carbonyl (C=O) groups is 2. The van der Waals surface area contributed by atoms with Gasteiger partial charge in [0.15, 0.2) is 9.84 Å². The van der Waals surface area contributed by atoms with E-state index in [0.29, 0.717) is 23.5 Å². The minimum Gasteiger partial charge on any atom is -0.339 e. The molecule has 3 rings (SSSR count). The molecule has 2 saturated heterocycles. The van der Waals surface area contributed by atoms with E-state index in [1.807, 2.05) is 0 Å². The molecule has 1 unspecified atom stereocenters. The van der Waals surface area contributed by atoms with Crippen LogP contribution >= 0.6 is 0 Å². The topological polar surface area (TPSA) is 87.7 Å². The Balaban J connectivity index is 1.72. The molecule has 1 atom stereocenters. The summed E-state index contributed by atoms with van der Waals surface area (Å²) in [6, 6.07) is 1.24. The van der Waals surface area contributed by atoms with Gasteiger partial charge in [0.05, 0.1) is 22.6 Å². The molecule has 8 heteroatoms. The third kappa shape index (κ3) is 4.06. The summed E-state index contributed by atoms with van der Waals surface area (Å²) < 4.78 is 23.3. The van der Waals surface area contributed by atoms with E-state index in [0.717, 1.165) is 25.9 Å². The van der Waals surface area contributed by atoms with E-state index in [2.05, 4.69) is 11.9 Å². The van der Waals surface area contributed by atoms with Crippen LogP contribution in [0.1, 0.15) is 46.9 Å². The fourth-order valence-corrected chi connectivity index (χ4v) is 5.29. The number of aromatic nitrogens is 1. The monoisotopic (exact) mass is 379 g/mol. The number of pyridine rings is 1. The molecule has 2 fully saturated rings. The lowest BCUT2D eigenvalue weighted by Gasteiger charge is -2.30. The smallest absolute Gasteiger partial charge is 0.255 e. The molecule has 1 aromatic rings. The van der Waals surface area contributed by atoms with E-state index >= 15 is 0 Å². The zero-order valence-electron chi connectivity index (χ0n) is 15.2. The van der Waals surface area contributed by atoms with Crippen LogP contribution in [0.2, 0.25) is 0 Å². The average Bonchev–Trinajstić information content (AvgIpc) is 3.00. The van der Waals surface area contributed by atoms with Crippen molar-refractivity contribution >= 4 is 21.7 Å². The Morgan fingerprint density at radius 2 is 1.81 bits per heavy atom. The first kappa shape index (κ1) is 18.8. The van der Waals surface area contributed by atoms with Crippen molar-refractivity contribution in [1.29, 1.82) is 0 Å². The third-order valence-electron chi connectivity index (χ3n) is 5.38. The number of sulfone groups is 1. The van der Waals surface area contributed by atoms with Crippen LogP contribution in [0.15, 0.2) is 18.5 Å². The van der Waals surface area contributed by atoms with Gasteiger partial charge in [-0.3, -0.25) is 14.6 Å². The maximum absolute atomic E-state index is 12.7. The van der Waals surface area contributed by atoms with Gasteiger partial charge in [-0.1, -0.05) is 6.92 Å². The predicted molar refractivity (Wildman–Crippen MR) is 97.7 cm³/mol. The standard InChI is InChI=1S/C18H25N3O4S/c1-13-3-6-21(7-4-13)18(23)15-9-14(10-19-11-15)17(22)20(2)16-5-8-26(24,25)12-16/h9-11,13,16H,3-8,12H2,1-2H3. The van der Waals surface area contributed by atoms with Crippen molar-refractivity contribution in [3.63, 3.8) is 0 Å². The van der Waals surface area contributed by atoms with Crippen molar-refractivity contribution in [3.05, 3.63) is 29.6 Å². The van der Waals surface area contributed by atoms with Crippen LogP contribution in [0.4, 0.5) is 0 Å². The number of nitrogens with zero attached hydrogens (tertiary/aromatic N) is 3. The van der Waals surface area contributed by atoms with E-state index in [1.54, 1.807) is 18.0 Å². The quantitative estimate of drug-likeness (QED) is 0.788. The maximum Gasteiger partial charge on any atom is 0.255 e. The molecule has 142 valence electrons. The van der Waals surface area contributed by atoms with Crippen LogP contribution in [-0.2, 0) is 9.84 Å². The van der Waals surface area contributed by atoms with Crippen molar-refractivity contribution in [2.75, 3.05) is 31.6 Å². The summed E-state index contributed by atoms with van der Waals surface area (Å²) in [6.07, 6.45) is 5.32. The Labute approximate surface area is 154 Å². The molecule has 2 aliphatic heterocycles. The summed E-state index contributed by atoms with van der Waals surface area (Å²) in [6.45, 7) is 3.62. The highest BCUT2D eigenvalue weighted by Crippen LogP contribution is 2.20. The number of rotatable bonds is 3. The van der Waals surface area contributed by atoms with E-state index in [1.165, 1.54) is 17.3 Å². The normalized spacial score (nSPS) is 23.0. The average molecular weight is 379 g/mol. The van der Waals surface area contributed by atoms with Crippen molar-refractivity contribution in [2.45, 2.75) is 32.2 Å². The zero-order valence-corrected chi connectivity index (χ0v) is 16.0. The number of carbonyl (C=O) groups excluding carboxylic acids is 2. The molecule has 7 nitrogen and oxygen atoms in total. The molecule has 0 bridgehead atoms. The molecule has 26 heavy (non-hydrogen) atoms. The van der Waals surface area contributed by atoms with Gasteiger partial charge in [0, 0.05) is 38.6 Å². The van der Waals surface area contributed by atoms with Crippen LogP contribution in [0.3, 0.4) is 0 Å². The highest BCUT2D eigenvalue weighted by atomic mass is 32.2. The Hall–Kier alpha value is -1.96. The van der Waals surface area contributed by atoms with Crippen molar-refractivity contribution < 1.29 is 18.0 Å². The molecular formula is C18H25N3O4S. The second-order valence-electron chi connectivity index (χ2n) is 7.41. The summed E-state index contributed by atoms with van der Waals surface area (Å²) >= 11 is 0. The highest BCUT2D eigenvalue weighted by molar-refractivity contribution is 7.91. The molecule has 2 aliphatic rings. The Kier molecular flexibility index (Phi) is 5.32. The van der Waals surface area contributed by atoms with E-state index < -0.39 is 9.84 Å². The molecule has 0 saturated carbocycles. The van der Waals surface area contributed by atoms with E-state index in [-0.39, 0.29) is 29.4 Å². The van der Waals surface area contributed by atoms with Crippen LogP contribution in [0.5, 0.6) is 0 Å². The third-order valence-corrected chi connectivity index (χ3v) is 7.13. The zero-order chi connectivity index (χ0) is 18.9. The molecule has 0 aliphatic carbocycles. The number of likely N-dealkylation sites (tertiary alicyclic amines) is 1. The lowest BCUT2D eigenvalue weighted by Crippen LogP contribution is -2.39. The molecule has 1 aromatic heterocycles. The van der Waals surface area contributed by atoms with E-state index in [4.69, 9.17) is 0 Å². The van der Waals surface area contributed by atoms with Gasteiger partial charge in [-0.2, -0.15) is 0 Å². The van der Waals surface area contributed by atoms with Crippen molar-refractivity contribution in [1.82, 2.24) is 14.8 Å². The SMILES string of the molecule is CC1CCN(C(=O)c2cncc(C(=O)N(C)C3CCS(=O)(=O)C3)c2)CC1. The van der Waals surface area contributed by atoms with Gasteiger partial charge in [0.1, 0.15) is 0 Å². The van der Waals surface area contributed by atoms with Crippen LogP contribution in [-0.4, -0.2) is 72.7 Å². The first-order valence-electron chi connectivity index (χ1n) is 8.99. The van der Waals surface area contributed by atoms with Crippen LogP contribution in [0.25, 0.3) is 0 Å². The molecule has 0 aromatic carbocycles. The lowest BCUT2D eigenvalue weighted by atomic mass is 9.98. The molecule has 0 N–H and O–H groups in total. The summed E-state index contributed by atoms with van der Waals surface area (Å²) in [5.74, 6) is 0.320. The number of hydrogen-bond acceptors (Lipinski definition) is 5. The van der Waals surface area contributed by atoms with Gasteiger partial charge in [0.25, 0.3) is 11.8 Å².